The number of nitrogens with zero attached hydrogens (tertiary/aromatic N) is 2. The zero-order valence-electron chi connectivity index (χ0n) is 13.7. The molecule has 0 aromatic heterocycles. The van der Waals surface area contributed by atoms with Crippen molar-refractivity contribution in [3.63, 3.8) is 0 Å². The molecule has 5 nitrogen and oxygen atoms in total. The average Bonchev–Trinajstić information content (AvgIpc) is 2.82. The SMILES string of the molecule is C=C1CCC(N2Cc3c(N)cccc3C2=O)C(=O)N1CC(C)C. The first-order valence-electron chi connectivity index (χ1n) is 8.07. The van der Waals surface area contributed by atoms with E-state index in [1.165, 1.54) is 0 Å². The highest BCUT2D eigenvalue weighted by atomic mass is 16.2. The first kappa shape index (κ1) is 15.6. The summed E-state index contributed by atoms with van der Waals surface area (Å²) in [6.45, 7) is 9.22. The van der Waals surface area contributed by atoms with Crippen molar-refractivity contribution in [2.75, 3.05) is 12.3 Å². The van der Waals surface area contributed by atoms with Gasteiger partial charge in [-0.05, 0) is 30.9 Å². The van der Waals surface area contributed by atoms with Gasteiger partial charge in [-0.15, -0.1) is 0 Å². The number of carbonyl (C=O) groups excluding carboxylic acids is 2. The molecule has 1 saturated heterocycles. The number of hydrogen-bond acceptors (Lipinski definition) is 3. The monoisotopic (exact) mass is 313 g/mol. The van der Waals surface area contributed by atoms with Crippen molar-refractivity contribution in [3.05, 3.63) is 41.6 Å². The van der Waals surface area contributed by atoms with Gasteiger partial charge in [-0.3, -0.25) is 9.59 Å². The zero-order valence-corrected chi connectivity index (χ0v) is 13.7. The second-order valence-corrected chi connectivity index (χ2v) is 6.77. The predicted octanol–water partition coefficient (Wildman–Crippen LogP) is 2.39. The largest absolute Gasteiger partial charge is 0.398 e. The molecule has 23 heavy (non-hydrogen) atoms. The van der Waals surface area contributed by atoms with Gasteiger partial charge in [0, 0.05) is 35.6 Å². The van der Waals surface area contributed by atoms with Gasteiger partial charge in [0.2, 0.25) is 5.91 Å². The third kappa shape index (κ3) is 2.60. The molecular formula is C18H23N3O2. The van der Waals surface area contributed by atoms with Crippen LogP contribution >= 0.6 is 0 Å². The van der Waals surface area contributed by atoms with E-state index in [1.54, 1.807) is 28.0 Å². The molecule has 0 saturated carbocycles. The minimum atomic E-state index is -0.418. The van der Waals surface area contributed by atoms with E-state index in [9.17, 15) is 9.59 Å². The summed E-state index contributed by atoms with van der Waals surface area (Å²) in [5.74, 6) is 0.244. The molecular weight excluding hydrogens is 290 g/mol. The first-order valence-corrected chi connectivity index (χ1v) is 8.07. The number of likely N-dealkylation sites (tertiary alicyclic amines) is 1. The third-order valence-corrected chi connectivity index (χ3v) is 4.60. The van der Waals surface area contributed by atoms with Gasteiger partial charge < -0.3 is 15.5 Å². The van der Waals surface area contributed by atoms with Crippen LogP contribution in [0.4, 0.5) is 5.69 Å². The Labute approximate surface area is 136 Å². The van der Waals surface area contributed by atoms with Gasteiger partial charge in [0.05, 0.1) is 0 Å². The van der Waals surface area contributed by atoms with Crippen molar-refractivity contribution in [3.8, 4) is 0 Å². The number of nitrogen functional groups attached to an aromatic ring is 1. The number of hydrogen-bond donors (Lipinski definition) is 1. The first-order chi connectivity index (χ1) is 10.9. The molecule has 2 aliphatic rings. The number of piperidine rings is 1. The summed E-state index contributed by atoms with van der Waals surface area (Å²) < 4.78 is 0. The summed E-state index contributed by atoms with van der Waals surface area (Å²) in [4.78, 5) is 29.0. The highest BCUT2D eigenvalue weighted by Gasteiger charge is 2.41. The third-order valence-electron chi connectivity index (χ3n) is 4.60. The summed E-state index contributed by atoms with van der Waals surface area (Å²) in [5.41, 5.74) is 8.91. The van der Waals surface area contributed by atoms with Crippen LogP contribution in [0.5, 0.6) is 0 Å². The van der Waals surface area contributed by atoms with Crippen LogP contribution in [0.1, 0.15) is 42.6 Å². The predicted molar refractivity (Wildman–Crippen MR) is 89.4 cm³/mol. The second kappa shape index (κ2) is 5.72. The van der Waals surface area contributed by atoms with Crippen molar-refractivity contribution >= 4 is 17.5 Å². The summed E-state index contributed by atoms with van der Waals surface area (Å²) in [5, 5.41) is 0. The van der Waals surface area contributed by atoms with Gasteiger partial charge >= 0.3 is 0 Å². The molecule has 3 rings (SSSR count). The van der Waals surface area contributed by atoms with E-state index < -0.39 is 6.04 Å². The maximum absolute atomic E-state index is 12.9. The number of nitrogens with two attached hydrogens (primary N) is 1. The number of rotatable bonds is 3. The Morgan fingerprint density at radius 2 is 2.09 bits per heavy atom. The molecule has 5 heteroatoms. The van der Waals surface area contributed by atoms with Crippen LogP contribution in [-0.4, -0.2) is 34.2 Å². The van der Waals surface area contributed by atoms with Gasteiger partial charge in [0.15, 0.2) is 0 Å². The van der Waals surface area contributed by atoms with E-state index in [0.717, 1.165) is 17.7 Å². The lowest BCUT2D eigenvalue weighted by Gasteiger charge is -2.38. The molecule has 1 aromatic carbocycles. The molecule has 0 bridgehead atoms. The summed E-state index contributed by atoms with van der Waals surface area (Å²) in [7, 11) is 0. The number of fused-ring (bicyclic) bond motifs is 1. The maximum atomic E-state index is 12.9. The van der Waals surface area contributed by atoms with Crippen LogP contribution in [0.2, 0.25) is 0 Å². The minimum absolute atomic E-state index is 0.0188. The quantitative estimate of drug-likeness (QED) is 0.871. The fraction of sp³-hybridized carbons (Fsp3) is 0.444. The van der Waals surface area contributed by atoms with Crippen molar-refractivity contribution < 1.29 is 9.59 Å². The molecule has 1 fully saturated rings. The standard InChI is InChI=1S/C18H23N3O2/c1-11(2)9-20-12(3)7-8-16(18(20)23)21-10-14-13(17(21)22)5-4-6-15(14)19/h4-6,11,16H,3,7-10,19H2,1-2H3. The highest BCUT2D eigenvalue weighted by molar-refractivity contribution is 6.02. The number of amides is 2. The molecule has 2 aliphatic heterocycles. The fourth-order valence-corrected chi connectivity index (χ4v) is 3.40. The van der Waals surface area contributed by atoms with Crippen molar-refractivity contribution in [2.45, 2.75) is 39.3 Å². The molecule has 122 valence electrons. The molecule has 0 aliphatic carbocycles. The number of carbonyl (C=O) groups is 2. The Morgan fingerprint density at radius 3 is 2.74 bits per heavy atom. The highest BCUT2D eigenvalue weighted by Crippen LogP contribution is 2.33. The van der Waals surface area contributed by atoms with Gasteiger partial charge in [0.25, 0.3) is 5.91 Å². The number of allylic oxidation sites excluding steroid dienone is 1. The van der Waals surface area contributed by atoms with Crippen molar-refractivity contribution in [2.24, 2.45) is 5.92 Å². The molecule has 1 unspecified atom stereocenters. The van der Waals surface area contributed by atoms with Crippen LogP contribution in [0, 0.1) is 5.92 Å². The Kier molecular flexibility index (Phi) is 3.88. The lowest BCUT2D eigenvalue weighted by molar-refractivity contribution is -0.137. The van der Waals surface area contributed by atoms with E-state index >= 15 is 0 Å². The Bertz CT molecular complexity index is 681. The molecule has 0 radical (unpaired) electrons. The van der Waals surface area contributed by atoms with E-state index in [4.69, 9.17) is 5.73 Å². The smallest absolute Gasteiger partial charge is 0.255 e. The molecule has 2 heterocycles. The summed E-state index contributed by atoms with van der Waals surface area (Å²) >= 11 is 0. The molecule has 1 atom stereocenters. The van der Waals surface area contributed by atoms with E-state index in [-0.39, 0.29) is 11.8 Å². The van der Waals surface area contributed by atoms with Gasteiger partial charge in [-0.2, -0.15) is 0 Å². The van der Waals surface area contributed by atoms with Crippen molar-refractivity contribution in [1.82, 2.24) is 9.80 Å². The lowest BCUT2D eigenvalue weighted by Crippen LogP contribution is -2.52. The minimum Gasteiger partial charge on any atom is -0.398 e. The van der Waals surface area contributed by atoms with E-state index in [1.807, 2.05) is 0 Å². The molecule has 2 N–H and O–H groups in total. The summed E-state index contributed by atoms with van der Waals surface area (Å²) in [6, 6.07) is 4.95. The van der Waals surface area contributed by atoms with Crippen LogP contribution in [0.15, 0.2) is 30.5 Å². The summed E-state index contributed by atoms with van der Waals surface area (Å²) in [6.07, 6.45) is 1.37. The second-order valence-electron chi connectivity index (χ2n) is 6.77. The van der Waals surface area contributed by atoms with Gasteiger partial charge in [-0.25, -0.2) is 0 Å². The fourth-order valence-electron chi connectivity index (χ4n) is 3.40. The van der Waals surface area contributed by atoms with Gasteiger partial charge in [0.1, 0.15) is 6.04 Å². The Morgan fingerprint density at radius 1 is 1.35 bits per heavy atom. The topological polar surface area (TPSA) is 66.6 Å². The molecule has 2 amide bonds. The Hall–Kier alpha value is -2.30. The normalized spacial score (nSPS) is 21.3. The molecule has 0 spiro atoms. The van der Waals surface area contributed by atoms with Crippen LogP contribution in [-0.2, 0) is 11.3 Å². The zero-order chi connectivity index (χ0) is 16.7. The van der Waals surface area contributed by atoms with Crippen molar-refractivity contribution in [1.29, 1.82) is 0 Å². The van der Waals surface area contributed by atoms with Crippen LogP contribution < -0.4 is 5.73 Å². The lowest BCUT2D eigenvalue weighted by atomic mass is 9.99. The molecule has 1 aromatic rings. The maximum Gasteiger partial charge on any atom is 0.255 e. The average molecular weight is 313 g/mol. The van der Waals surface area contributed by atoms with E-state index in [0.29, 0.717) is 36.7 Å². The Balaban J connectivity index is 1.86. The number of benzene rings is 1. The van der Waals surface area contributed by atoms with Crippen LogP contribution in [0.3, 0.4) is 0 Å². The van der Waals surface area contributed by atoms with Gasteiger partial charge in [-0.1, -0.05) is 26.5 Å². The van der Waals surface area contributed by atoms with E-state index in [2.05, 4.69) is 20.4 Å². The van der Waals surface area contributed by atoms with Crippen LogP contribution in [0.25, 0.3) is 0 Å². The number of anilines is 1.